The first-order chi connectivity index (χ1) is 10.6. The van der Waals surface area contributed by atoms with Gasteiger partial charge in [-0.05, 0) is 17.7 Å². The van der Waals surface area contributed by atoms with Crippen LogP contribution in [0.15, 0.2) is 47.4 Å². The molecule has 1 heterocycles. The van der Waals surface area contributed by atoms with Crippen molar-refractivity contribution in [2.75, 3.05) is 6.61 Å². The highest BCUT2D eigenvalue weighted by molar-refractivity contribution is 7.98. The van der Waals surface area contributed by atoms with E-state index in [4.69, 9.17) is 21.4 Å². The summed E-state index contributed by atoms with van der Waals surface area (Å²) in [5.41, 5.74) is 2.13. The molecule has 1 N–H and O–H groups in total. The van der Waals surface area contributed by atoms with E-state index in [2.05, 4.69) is 12.1 Å². The van der Waals surface area contributed by atoms with Crippen LogP contribution in [-0.4, -0.2) is 17.7 Å². The quantitative estimate of drug-likeness (QED) is 0.813. The summed E-state index contributed by atoms with van der Waals surface area (Å²) in [6.45, 7) is 0.404. The molecule has 1 unspecified atom stereocenters. The van der Waals surface area contributed by atoms with Crippen molar-refractivity contribution in [1.29, 1.82) is 0 Å². The second kappa shape index (κ2) is 6.63. The van der Waals surface area contributed by atoms with E-state index < -0.39 is 5.97 Å². The van der Waals surface area contributed by atoms with Gasteiger partial charge < -0.3 is 9.84 Å². The van der Waals surface area contributed by atoms with E-state index in [-0.39, 0.29) is 12.3 Å². The van der Waals surface area contributed by atoms with E-state index in [9.17, 15) is 4.79 Å². The molecule has 0 aliphatic carbocycles. The van der Waals surface area contributed by atoms with Crippen LogP contribution in [0, 0.1) is 0 Å². The Bertz CT molecular complexity index is 688. The number of carbonyl (C=O) groups is 1. The van der Waals surface area contributed by atoms with Crippen LogP contribution >= 0.6 is 23.4 Å². The van der Waals surface area contributed by atoms with Crippen molar-refractivity contribution < 1.29 is 14.6 Å². The van der Waals surface area contributed by atoms with Gasteiger partial charge in [-0.15, -0.1) is 11.8 Å². The first-order valence-electron chi connectivity index (χ1n) is 6.98. The first-order valence-corrected chi connectivity index (χ1v) is 8.34. The molecule has 0 saturated carbocycles. The SMILES string of the molecule is O=C(O)CC1COc2c(SCc3ccccc3)cc(Cl)cc21. The van der Waals surface area contributed by atoms with Crippen molar-refractivity contribution in [1.82, 2.24) is 0 Å². The number of ether oxygens (including phenoxy) is 1. The number of thioether (sulfide) groups is 1. The fourth-order valence-electron chi connectivity index (χ4n) is 2.54. The lowest BCUT2D eigenvalue weighted by Crippen LogP contribution is -2.07. The summed E-state index contributed by atoms with van der Waals surface area (Å²) in [6.07, 6.45) is 0.0656. The lowest BCUT2D eigenvalue weighted by molar-refractivity contribution is -0.137. The molecular weight excluding hydrogens is 320 g/mol. The van der Waals surface area contributed by atoms with Gasteiger partial charge in [0.15, 0.2) is 0 Å². The zero-order valence-corrected chi connectivity index (χ0v) is 13.4. The number of rotatable bonds is 5. The van der Waals surface area contributed by atoms with Crippen molar-refractivity contribution in [2.45, 2.75) is 23.0 Å². The minimum Gasteiger partial charge on any atom is -0.491 e. The molecule has 3 nitrogen and oxygen atoms in total. The second-order valence-corrected chi connectivity index (χ2v) is 6.66. The first kappa shape index (κ1) is 15.3. The zero-order valence-electron chi connectivity index (χ0n) is 11.8. The number of carboxylic acids is 1. The molecule has 0 amide bonds. The standard InChI is InChI=1S/C17H15ClO3S/c18-13-7-14-12(6-16(19)20)9-21-17(14)15(8-13)22-10-11-4-2-1-3-5-11/h1-5,7-8,12H,6,9-10H2,(H,19,20). The third-order valence-electron chi connectivity index (χ3n) is 3.58. The second-order valence-electron chi connectivity index (χ2n) is 5.20. The minimum atomic E-state index is -0.820. The summed E-state index contributed by atoms with van der Waals surface area (Å²) in [7, 11) is 0. The van der Waals surface area contributed by atoms with E-state index in [1.165, 1.54) is 5.56 Å². The molecule has 1 aliphatic rings. The Kier molecular flexibility index (Phi) is 4.60. The monoisotopic (exact) mass is 334 g/mol. The fraction of sp³-hybridized carbons (Fsp3) is 0.235. The van der Waals surface area contributed by atoms with Crippen LogP contribution in [-0.2, 0) is 10.5 Å². The highest BCUT2D eigenvalue weighted by Gasteiger charge is 2.29. The molecule has 0 radical (unpaired) electrons. The van der Waals surface area contributed by atoms with E-state index in [1.54, 1.807) is 11.8 Å². The van der Waals surface area contributed by atoms with E-state index >= 15 is 0 Å². The van der Waals surface area contributed by atoms with Crippen molar-refractivity contribution in [3.63, 3.8) is 0 Å². The summed E-state index contributed by atoms with van der Waals surface area (Å²) < 4.78 is 5.74. The number of hydrogen-bond donors (Lipinski definition) is 1. The maximum Gasteiger partial charge on any atom is 0.304 e. The Morgan fingerprint density at radius 2 is 2.09 bits per heavy atom. The molecule has 2 aromatic carbocycles. The lowest BCUT2D eigenvalue weighted by atomic mass is 9.98. The fourth-order valence-corrected chi connectivity index (χ4v) is 3.87. The molecule has 0 bridgehead atoms. The average Bonchev–Trinajstić information content (AvgIpc) is 2.88. The number of carboxylic acid groups (broad SMARTS) is 1. The molecular formula is C17H15ClO3S. The van der Waals surface area contributed by atoms with Crippen molar-refractivity contribution in [3.05, 3.63) is 58.6 Å². The van der Waals surface area contributed by atoms with Gasteiger partial charge in [0.1, 0.15) is 5.75 Å². The molecule has 0 spiro atoms. The van der Waals surface area contributed by atoms with Crippen LogP contribution in [0.4, 0.5) is 0 Å². The Labute approximate surface area is 138 Å². The Morgan fingerprint density at radius 3 is 2.82 bits per heavy atom. The third kappa shape index (κ3) is 3.39. The predicted molar refractivity (Wildman–Crippen MR) is 87.9 cm³/mol. The van der Waals surface area contributed by atoms with Crippen LogP contribution in [0.2, 0.25) is 5.02 Å². The maximum atomic E-state index is 11.0. The van der Waals surface area contributed by atoms with Crippen molar-refractivity contribution >= 4 is 29.3 Å². The smallest absolute Gasteiger partial charge is 0.304 e. The van der Waals surface area contributed by atoms with Crippen LogP contribution in [0.1, 0.15) is 23.5 Å². The molecule has 3 rings (SSSR count). The molecule has 1 atom stereocenters. The molecule has 1 aliphatic heterocycles. The van der Waals surface area contributed by atoms with Gasteiger partial charge in [-0.3, -0.25) is 4.79 Å². The van der Waals surface area contributed by atoms with E-state index in [0.29, 0.717) is 11.6 Å². The molecule has 2 aromatic rings. The van der Waals surface area contributed by atoms with Gasteiger partial charge in [0.25, 0.3) is 0 Å². The zero-order chi connectivity index (χ0) is 15.5. The van der Waals surface area contributed by atoms with Gasteiger partial charge in [-0.25, -0.2) is 0 Å². The normalized spacial score (nSPS) is 16.1. The van der Waals surface area contributed by atoms with E-state index in [1.807, 2.05) is 30.3 Å². The Hall–Kier alpha value is -1.65. The largest absolute Gasteiger partial charge is 0.491 e. The van der Waals surface area contributed by atoms with Crippen LogP contribution in [0.3, 0.4) is 0 Å². The molecule has 0 aromatic heterocycles. The predicted octanol–water partition coefficient (Wildman–Crippen LogP) is 4.58. The number of hydrogen-bond acceptors (Lipinski definition) is 3. The molecule has 114 valence electrons. The molecule has 5 heteroatoms. The summed E-state index contributed by atoms with van der Waals surface area (Å²) in [5.74, 6) is 0.666. The van der Waals surface area contributed by atoms with Gasteiger partial charge in [0, 0.05) is 22.3 Å². The summed E-state index contributed by atoms with van der Waals surface area (Å²) in [6, 6.07) is 13.9. The topological polar surface area (TPSA) is 46.5 Å². The highest BCUT2D eigenvalue weighted by Crippen LogP contribution is 2.45. The van der Waals surface area contributed by atoms with Gasteiger partial charge >= 0.3 is 5.97 Å². The van der Waals surface area contributed by atoms with E-state index in [0.717, 1.165) is 22.0 Å². The number of fused-ring (bicyclic) bond motifs is 1. The van der Waals surface area contributed by atoms with Crippen molar-refractivity contribution in [3.8, 4) is 5.75 Å². The average molecular weight is 335 g/mol. The third-order valence-corrected chi connectivity index (χ3v) is 4.89. The number of aliphatic carboxylic acids is 1. The molecule has 0 saturated heterocycles. The van der Waals surface area contributed by atoms with Gasteiger partial charge in [0.05, 0.1) is 17.9 Å². The van der Waals surface area contributed by atoms with Gasteiger partial charge in [-0.1, -0.05) is 41.9 Å². The van der Waals surface area contributed by atoms with Gasteiger partial charge in [-0.2, -0.15) is 0 Å². The van der Waals surface area contributed by atoms with Crippen LogP contribution in [0.25, 0.3) is 0 Å². The molecule has 22 heavy (non-hydrogen) atoms. The lowest BCUT2D eigenvalue weighted by Gasteiger charge is -2.09. The highest BCUT2D eigenvalue weighted by atomic mass is 35.5. The Morgan fingerprint density at radius 1 is 1.32 bits per heavy atom. The summed E-state index contributed by atoms with van der Waals surface area (Å²) in [5, 5.41) is 9.62. The molecule has 0 fully saturated rings. The van der Waals surface area contributed by atoms with Gasteiger partial charge in [0.2, 0.25) is 0 Å². The van der Waals surface area contributed by atoms with Crippen LogP contribution in [0.5, 0.6) is 5.75 Å². The number of halogens is 1. The Balaban J connectivity index is 1.82. The van der Waals surface area contributed by atoms with Crippen molar-refractivity contribution in [2.24, 2.45) is 0 Å². The van der Waals surface area contributed by atoms with Crippen LogP contribution < -0.4 is 4.74 Å². The maximum absolute atomic E-state index is 11.0. The minimum absolute atomic E-state index is 0.0656. The number of benzene rings is 2. The summed E-state index contributed by atoms with van der Waals surface area (Å²) >= 11 is 7.85. The summed E-state index contributed by atoms with van der Waals surface area (Å²) in [4.78, 5) is 11.9.